The average molecular weight is 218 g/mol. The first-order valence-electron chi connectivity index (χ1n) is 3.91. The first-order valence-corrected chi connectivity index (χ1v) is 6.01. The first-order chi connectivity index (χ1) is 6.13. The quantitative estimate of drug-likeness (QED) is 0.837. The van der Waals surface area contributed by atoms with Gasteiger partial charge in [0.25, 0.3) is 0 Å². The summed E-state index contributed by atoms with van der Waals surface area (Å²) in [5.74, 6) is 0.504. The zero-order chi connectivity index (χ0) is 9.84. The molecule has 1 unspecified atom stereocenters. The van der Waals surface area contributed by atoms with Crippen molar-refractivity contribution in [2.75, 3.05) is 6.26 Å². The van der Waals surface area contributed by atoms with Crippen LogP contribution in [0.5, 0.6) is 0 Å². The molecule has 0 amide bonds. The zero-order valence-electron chi connectivity index (χ0n) is 7.42. The van der Waals surface area contributed by atoms with Gasteiger partial charge in [-0.15, -0.1) is 0 Å². The molecule has 0 aromatic heterocycles. The van der Waals surface area contributed by atoms with Crippen LogP contribution < -0.4 is 5.73 Å². The van der Waals surface area contributed by atoms with E-state index in [4.69, 9.17) is 17.3 Å². The summed E-state index contributed by atoms with van der Waals surface area (Å²) in [6.45, 7) is 0.481. The van der Waals surface area contributed by atoms with E-state index in [0.717, 1.165) is 11.1 Å². The van der Waals surface area contributed by atoms with Gasteiger partial charge in [-0.3, -0.25) is 4.21 Å². The smallest absolute Gasteiger partial charge is 0.0497 e. The third-order valence-electron chi connectivity index (χ3n) is 1.71. The van der Waals surface area contributed by atoms with Crippen LogP contribution in [0.4, 0.5) is 0 Å². The highest BCUT2D eigenvalue weighted by atomic mass is 35.5. The summed E-state index contributed by atoms with van der Waals surface area (Å²) in [6, 6.07) is 5.61. The van der Waals surface area contributed by atoms with Gasteiger partial charge >= 0.3 is 0 Å². The van der Waals surface area contributed by atoms with Crippen LogP contribution in [0.15, 0.2) is 18.2 Å². The topological polar surface area (TPSA) is 43.1 Å². The van der Waals surface area contributed by atoms with Crippen molar-refractivity contribution >= 4 is 22.4 Å². The molecule has 1 atom stereocenters. The van der Waals surface area contributed by atoms with Gasteiger partial charge in [0.05, 0.1) is 0 Å². The van der Waals surface area contributed by atoms with Gasteiger partial charge in [0.15, 0.2) is 0 Å². The largest absolute Gasteiger partial charge is 0.326 e. The minimum absolute atomic E-state index is 0.481. The molecular weight excluding hydrogens is 206 g/mol. The number of halogens is 1. The SMILES string of the molecule is CS(=O)Cc1ccc(CN)cc1Cl. The Morgan fingerprint density at radius 3 is 2.69 bits per heavy atom. The molecule has 1 aromatic rings. The van der Waals surface area contributed by atoms with E-state index in [-0.39, 0.29) is 0 Å². The molecule has 0 fully saturated rings. The molecule has 0 saturated carbocycles. The maximum absolute atomic E-state index is 10.9. The molecular formula is C9H12ClNOS. The molecule has 72 valence electrons. The van der Waals surface area contributed by atoms with Crippen LogP contribution in [-0.4, -0.2) is 10.5 Å². The van der Waals surface area contributed by atoms with Crippen LogP contribution in [0.2, 0.25) is 5.02 Å². The number of rotatable bonds is 3. The molecule has 0 aliphatic rings. The second-order valence-corrected chi connectivity index (χ2v) is 4.69. The summed E-state index contributed by atoms with van der Waals surface area (Å²) in [4.78, 5) is 0. The summed E-state index contributed by atoms with van der Waals surface area (Å²) in [6.07, 6.45) is 1.66. The maximum atomic E-state index is 10.9. The average Bonchev–Trinajstić information content (AvgIpc) is 2.08. The van der Waals surface area contributed by atoms with Gasteiger partial charge in [0, 0.05) is 34.4 Å². The van der Waals surface area contributed by atoms with Crippen LogP contribution in [0.1, 0.15) is 11.1 Å². The van der Waals surface area contributed by atoms with Crippen molar-refractivity contribution in [2.24, 2.45) is 5.73 Å². The molecule has 1 aromatic carbocycles. The van der Waals surface area contributed by atoms with Crippen molar-refractivity contribution in [1.29, 1.82) is 0 Å². The lowest BCUT2D eigenvalue weighted by Gasteiger charge is -2.03. The van der Waals surface area contributed by atoms with E-state index in [0.29, 0.717) is 17.3 Å². The molecule has 4 heteroatoms. The fourth-order valence-corrected chi connectivity index (χ4v) is 2.09. The van der Waals surface area contributed by atoms with E-state index in [1.807, 2.05) is 18.2 Å². The second-order valence-electron chi connectivity index (χ2n) is 2.85. The lowest BCUT2D eigenvalue weighted by molar-refractivity contribution is 0.686. The molecule has 0 bridgehead atoms. The Bertz CT molecular complexity index is 327. The fourth-order valence-electron chi connectivity index (χ4n) is 1.05. The standard InChI is InChI=1S/C9H12ClNOS/c1-13(12)6-8-3-2-7(5-11)4-9(8)10/h2-4H,5-6,11H2,1H3. The maximum Gasteiger partial charge on any atom is 0.0497 e. The predicted molar refractivity (Wildman–Crippen MR) is 57.1 cm³/mol. The molecule has 0 radical (unpaired) electrons. The second kappa shape index (κ2) is 4.74. The summed E-state index contributed by atoms with van der Waals surface area (Å²) < 4.78 is 10.9. The fraction of sp³-hybridized carbons (Fsp3) is 0.333. The van der Waals surface area contributed by atoms with Crippen LogP contribution in [0, 0.1) is 0 Å². The normalized spacial score (nSPS) is 12.8. The molecule has 0 spiro atoms. The van der Waals surface area contributed by atoms with Crippen molar-refractivity contribution in [2.45, 2.75) is 12.3 Å². The van der Waals surface area contributed by atoms with E-state index < -0.39 is 10.8 Å². The highest BCUT2D eigenvalue weighted by Gasteiger charge is 2.02. The molecule has 2 nitrogen and oxygen atoms in total. The van der Waals surface area contributed by atoms with Crippen molar-refractivity contribution in [3.8, 4) is 0 Å². The van der Waals surface area contributed by atoms with Crippen LogP contribution in [-0.2, 0) is 23.1 Å². The van der Waals surface area contributed by atoms with Crippen molar-refractivity contribution in [3.63, 3.8) is 0 Å². The Morgan fingerprint density at radius 2 is 2.23 bits per heavy atom. The molecule has 1 rings (SSSR count). The van der Waals surface area contributed by atoms with Gasteiger partial charge in [0.1, 0.15) is 0 Å². The van der Waals surface area contributed by atoms with Crippen molar-refractivity contribution in [1.82, 2.24) is 0 Å². The van der Waals surface area contributed by atoms with Crippen molar-refractivity contribution < 1.29 is 4.21 Å². The molecule has 0 aliphatic carbocycles. The van der Waals surface area contributed by atoms with Gasteiger partial charge in [-0.25, -0.2) is 0 Å². The van der Waals surface area contributed by atoms with Gasteiger partial charge in [-0.05, 0) is 17.2 Å². The number of nitrogens with two attached hydrogens (primary N) is 1. The highest BCUT2D eigenvalue weighted by Crippen LogP contribution is 2.18. The van der Waals surface area contributed by atoms with Crippen LogP contribution in [0.25, 0.3) is 0 Å². The third-order valence-corrected chi connectivity index (χ3v) is 2.78. The van der Waals surface area contributed by atoms with E-state index in [9.17, 15) is 4.21 Å². The first kappa shape index (κ1) is 10.7. The predicted octanol–water partition coefficient (Wildman–Crippen LogP) is 1.68. The summed E-state index contributed by atoms with van der Waals surface area (Å²) in [7, 11) is -0.851. The Balaban J connectivity index is 2.91. The lowest BCUT2D eigenvalue weighted by atomic mass is 10.1. The Hall–Kier alpha value is -0.380. The lowest BCUT2D eigenvalue weighted by Crippen LogP contribution is -1.98. The van der Waals surface area contributed by atoms with E-state index >= 15 is 0 Å². The highest BCUT2D eigenvalue weighted by molar-refractivity contribution is 7.83. The summed E-state index contributed by atoms with van der Waals surface area (Å²) >= 11 is 5.96. The molecule has 2 N–H and O–H groups in total. The molecule has 13 heavy (non-hydrogen) atoms. The number of hydrogen-bond acceptors (Lipinski definition) is 2. The van der Waals surface area contributed by atoms with Crippen LogP contribution >= 0.6 is 11.6 Å². The third kappa shape index (κ3) is 3.10. The van der Waals surface area contributed by atoms with Crippen LogP contribution in [0.3, 0.4) is 0 Å². The minimum Gasteiger partial charge on any atom is -0.326 e. The van der Waals surface area contributed by atoms with Crippen molar-refractivity contribution in [3.05, 3.63) is 34.3 Å². The Kier molecular flexibility index (Phi) is 3.90. The molecule has 0 saturated heterocycles. The number of benzene rings is 1. The summed E-state index contributed by atoms with van der Waals surface area (Å²) in [5, 5.41) is 0.651. The molecule has 0 heterocycles. The van der Waals surface area contributed by atoms with Gasteiger partial charge < -0.3 is 5.73 Å². The Morgan fingerprint density at radius 1 is 1.54 bits per heavy atom. The van der Waals surface area contributed by atoms with E-state index in [1.54, 1.807) is 6.26 Å². The monoisotopic (exact) mass is 217 g/mol. The van der Waals surface area contributed by atoms with Gasteiger partial charge in [-0.1, -0.05) is 23.7 Å². The number of hydrogen-bond donors (Lipinski definition) is 1. The van der Waals surface area contributed by atoms with E-state index in [2.05, 4.69) is 0 Å². The van der Waals surface area contributed by atoms with Gasteiger partial charge in [-0.2, -0.15) is 0 Å². The van der Waals surface area contributed by atoms with E-state index in [1.165, 1.54) is 0 Å². The molecule has 0 aliphatic heterocycles. The summed E-state index contributed by atoms with van der Waals surface area (Å²) in [5.41, 5.74) is 7.36. The van der Waals surface area contributed by atoms with Gasteiger partial charge in [0.2, 0.25) is 0 Å². The Labute approximate surface area is 85.5 Å². The zero-order valence-corrected chi connectivity index (χ0v) is 8.99. The minimum atomic E-state index is -0.851.